The predicted molar refractivity (Wildman–Crippen MR) is 61.2 cm³/mol. The molecule has 96 valence electrons. The second kappa shape index (κ2) is 8.93. The maximum atomic E-state index is 5.59. The zero-order valence-corrected chi connectivity index (χ0v) is 10.4. The molecular weight excluding hydrogens is 208 g/mol. The lowest BCUT2D eigenvalue weighted by atomic mass is 10.3. The molecule has 4 nitrogen and oxygen atoms in total. The van der Waals surface area contributed by atoms with Crippen LogP contribution in [0.5, 0.6) is 0 Å². The van der Waals surface area contributed by atoms with Crippen LogP contribution in [0.15, 0.2) is 0 Å². The Kier molecular flexibility index (Phi) is 7.76. The molecule has 2 unspecified atom stereocenters. The van der Waals surface area contributed by atoms with E-state index in [0.29, 0.717) is 26.4 Å². The fraction of sp³-hybridized carbons (Fsp3) is 1.00. The van der Waals surface area contributed by atoms with Crippen LogP contribution in [-0.2, 0) is 18.9 Å². The molecule has 1 rings (SSSR count). The maximum Gasteiger partial charge on any atom is 0.209 e. The Morgan fingerprint density at radius 2 is 1.31 bits per heavy atom. The molecule has 0 amide bonds. The quantitative estimate of drug-likeness (QED) is 0.602. The minimum absolute atomic E-state index is 0.350. The Morgan fingerprint density at radius 1 is 0.875 bits per heavy atom. The van der Waals surface area contributed by atoms with E-state index in [9.17, 15) is 0 Å². The van der Waals surface area contributed by atoms with Gasteiger partial charge in [0.05, 0.1) is 13.2 Å². The summed E-state index contributed by atoms with van der Waals surface area (Å²) < 4.78 is 22.2. The average molecular weight is 232 g/mol. The molecule has 0 aromatic rings. The van der Waals surface area contributed by atoms with E-state index >= 15 is 0 Å². The van der Waals surface area contributed by atoms with Crippen molar-refractivity contribution in [2.75, 3.05) is 26.4 Å². The van der Waals surface area contributed by atoms with Crippen LogP contribution in [0, 0.1) is 0 Å². The molecule has 0 spiro atoms. The van der Waals surface area contributed by atoms with Crippen molar-refractivity contribution in [2.24, 2.45) is 0 Å². The molecule has 0 saturated carbocycles. The van der Waals surface area contributed by atoms with Crippen LogP contribution in [0.1, 0.15) is 39.5 Å². The fourth-order valence-corrected chi connectivity index (χ4v) is 1.43. The highest BCUT2D eigenvalue weighted by Gasteiger charge is 2.28. The Hall–Kier alpha value is -0.160. The second-order valence-corrected chi connectivity index (χ2v) is 3.93. The molecule has 1 saturated heterocycles. The van der Waals surface area contributed by atoms with Gasteiger partial charge in [-0.2, -0.15) is 0 Å². The van der Waals surface area contributed by atoms with Gasteiger partial charge in [0.15, 0.2) is 0 Å². The number of ether oxygens (including phenoxy) is 4. The summed E-state index contributed by atoms with van der Waals surface area (Å²) in [5, 5.41) is 0. The van der Waals surface area contributed by atoms with Crippen molar-refractivity contribution >= 4 is 0 Å². The monoisotopic (exact) mass is 232 g/mol. The third-order valence-corrected chi connectivity index (χ3v) is 2.43. The minimum Gasteiger partial charge on any atom is -0.348 e. The molecule has 0 aromatic heterocycles. The van der Waals surface area contributed by atoms with E-state index in [4.69, 9.17) is 18.9 Å². The van der Waals surface area contributed by atoms with Gasteiger partial charge >= 0.3 is 0 Å². The molecule has 1 heterocycles. The number of unbranched alkanes of at least 4 members (excludes halogenated alkanes) is 2. The molecule has 0 aliphatic carbocycles. The van der Waals surface area contributed by atoms with E-state index in [2.05, 4.69) is 13.8 Å². The lowest BCUT2D eigenvalue weighted by Crippen LogP contribution is -2.42. The van der Waals surface area contributed by atoms with E-state index < -0.39 is 0 Å². The first-order valence-corrected chi connectivity index (χ1v) is 6.35. The van der Waals surface area contributed by atoms with Crippen LogP contribution >= 0.6 is 0 Å². The standard InChI is InChI=1S/C12H24O4/c1-3-5-7-13-11-12(14-8-6-4-2)16-10-9-15-11/h11-12H,3-10H2,1-2H3. The zero-order valence-electron chi connectivity index (χ0n) is 10.4. The lowest BCUT2D eigenvalue weighted by Gasteiger charge is -2.31. The summed E-state index contributed by atoms with van der Waals surface area (Å²) in [4.78, 5) is 0. The van der Waals surface area contributed by atoms with Gasteiger partial charge in [0, 0.05) is 13.2 Å². The molecule has 0 N–H and O–H groups in total. The average Bonchev–Trinajstić information content (AvgIpc) is 2.32. The summed E-state index contributed by atoms with van der Waals surface area (Å²) in [6.07, 6.45) is 3.63. The third kappa shape index (κ3) is 5.25. The van der Waals surface area contributed by atoms with E-state index in [0.717, 1.165) is 25.7 Å². The Balaban J connectivity index is 2.20. The maximum absolute atomic E-state index is 5.59. The van der Waals surface area contributed by atoms with Gasteiger partial charge in [-0.15, -0.1) is 0 Å². The summed E-state index contributed by atoms with van der Waals surface area (Å²) in [6.45, 7) is 6.86. The lowest BCUT2D eigenvalue weighted by molar-refractivity contribution is -0.320. The predicted octanol–water partition coefficient (Wildman–Crippen LogP) is 2.32. The highest BCUT2D eigenvalue weighted by Crippen LogP contribution is 2.14. The molecule has 1 fully saturated rings. The van der Waals surface area contributed by atoms with Crippen molar-refractivity contribution in [1.82, 2.24) is 0 Å². The molecule has 0 bridgehead atoms. The SMILES string of the molecule is CCCCOC1OCCOC1OCCCC. The van der Waals surface area contributed by atoms with Gasteiger partial charge in [0.1, 0.15) is 0 Å². The first-order valence-electron chi connectivity index (χ1n) is 6.35. The molecule has 1 aliphatic heterocycles. The molecular formula is C12H24O4. The largest absolute Gasteiger partial charge is 0.348 e. The Bertz CT molecular complexity index is 145. The summed E-state index contributed by atoms with van der Waals surface area (Å²) in [7, 11) is 0. The number of hydrogen-bond donors (Lipinski definition) is 0. The van der Waals surface area contributed by atoms with Crippen LogP contribution in [0.3, 0.4) is 0 Å². The van der Waals surface area contributed by atoms with Gasteiger partial charge in [-0.1, -0.05) is 26.7 Å². The summed E-state index contributed by atoms with van der Waals surface area (Å²) in [6, 6.07) is 0. The van der Waals surface area contributed by atoms with Gasteiger partial charge in [0.2, 0.25) is 12.6 Å². The molecule has 0 aromatic carbocycles. The van der Waals surface area contributed by atoms with Crippen molar-refractivity contribution < 1.29 is 18.9 Å². The smallest absolute Gasteiger partial charge is 0.209 e. The highest BCUT2D eigenvalue weighted by molar-refractivity contribution is 4.57. The first kappa shape index (κ1) is 13.9. The Labute approximate surface area is 98.2 Å². The molecule has 0 radical (unpaired) electrons. The van der Waals surface area contributed by atoms with Gasteiger partial charge in [-0.3, -0.25) is 0 Å². The van der Waals surface area contributed by atoms with Crippen molar-refractivity contribution in [2.45, 2.75) is 52.1 Å². The van der Waals surface area contributed by atoms with Crippen LogP contribution in [0.2, 0.25) is 0 Å². The summed E-state index contributed by atoms with van der Waals surface area (Å²) in [5.74, 6) is 0. The van der Waals surface area contributed by atoms with Crippen LogP contribution < -0.4 is 0 Å². The van der Waals surface area contributed by atoms with Gasteiger partial charge in [0.25, 0.3) is 0 Å². The minimum atomic E-state index is -0.350. The number of hydrogen-bond acceptors (Lipinski definition) is 4. The second-order valence-electron chi connectivity index (χ2n) is 3.93. The molecule has 16 heavy (non-hydrogen) atoms. The normalized spacial score (nSPS) is 25.9. The Morgan fingerprint density at radius 3 is 1.69 bits per heavy atom. The third-order valence-electron chi connectivity index (χ3n) is 2.43. The fourth-order valence-electron chi connectivity index (χ4n) is 1.43. The van der Waals surface area contributed by atoms with Gasteiger partial charge in [-0.25, -0.2) is 0 Å². The molecule has 1 aliphatic rings. The first-order chi connectivity index (χ1) is 7.88. The van der Waals surface area contributed by atoms with Crippen LogP contribution in [0.4, 0.5) is 0 Å². The van der Waals surface area contributed by atoms with Crippen molar-refractivity contribution in [1.29, 1.82) is 0 Å². The molecule has 2 atom stereocenters. The number of rotatable bonds is 8. The topological polar surface area (TPSA) is 36.9 Å². The zero-order chi connectivity index (χ0) is 11.6. The van der Waals surface area contributed by atoms with Gasteiger partial charge < -0.3 is 18.9 Å². The summed E-state index contributed by atoms with van der Waals surface area (Å²) in [5.41, 5.74) is 0. The van der Waals surface area contributed by atoms with E-state index in [-0.39, 0.29) is 12.6 Å². The molecule has 4 heteroatoms. The van der Waals surface area contributed by atoms with Crippen molar-refractivity contribution in [3.63, 3.8) is 0 Å². The van der Waals surface area contributed by atoms with E-state index in [1.54, 1.807) is 0 Å². The highest BCUT2D eigenvalue weighted by atomic mass is 16.8. The van der Waals surface area contributed by atoms with Crippen LogP contribution in [0.25, 0.3) is 0 Å². The van der Waals surface area contributed by atoms with Crippen LogP contribution in [-0.4, -0.2) is 39.0 Å². The van der Waals surface area contributed by atoms with E-state index in [1.807, 2.05) is 0 Å². The van der Waals surface area contributed by atoms with Gasteiger partial charge in [-0.05, 0) is 12.8 Å². The van der Waals surface area contributed by atoms with E-state index in [1.165, 1.54) is 0 Å². The van der Waals surface area contributed by atoms with Crippen molar-refractivity contribution in [3.05, 3.63) is 0 Å². The summed E-state index contributed by atoms with van der Waals surface area (Å²) >= 11 is 0. The van der Waals surface area contributed by atoms with Crippen molar-refractivity contribution in [3.8, 4) is 0 Å².